The Bertz CT molecular complexity index is 701. The molecule has 1 aliphatic carbocycles. The molecule has 0 spiro atoms. The lowest BCUT2D eigenvalue weighted by molar-refractivity contribution is -0.154. The van der Waals surface area contributed by atoms with Gasteiger partial charge in [-0.15, -0.1) is 0 Å². The molecule has 0 bridgehead atoms. The zero-order valence-electron chi connectivity index (χ0n) is 20.5. The lowest BCUT2D eigenvalue weighted by Crippen LogP contribution is -2.65. The van der Waals surface area contributed by atoms with Crippen molar-refractivity contribution in [2.24, 2.45) is 5.92 Å². The summed E-state index contributed by atoms with van der Waals surface area (Å²) in [6.45, 7) is 16.4. The molecule has 0 aromatic carbocycles. The van der Waals surface area contributed by atoms with Gasteiger partial charge in [0.1, 0.15) is 6.10 Å². The van der Waals surface area contributed by atoms with Crippen LogP contribution in [0, 0.1) is 5.92 Å². The summed E-state index contributed by atoms with van der Waals surface area (Å²) in [5.41, 5.74) is -2.60. The molecule has 1 heterocycles. The number of nitrogens with one attached hydrogen (secondary N) is 2. The van der Waals surface area contributed by atoms with Crippen LogP contribution in [-0.2, 0) is 28.4 Å². The zero-order valence-corrected chi connectivity index (χ0v) is 20.5. The first-order chi connectivity index (χ1) is 14.0. The summed E-state index contributed by atoms with van der Waals surface area (Å²) in [6, 6.07) is 0. The van der Waals surface area contributed by atoms with Crippen LogP contribution in [0.5, 0.6) is 0 Å². The maximum absolute atomic E-state index is 13.3. The molecule has 2 fully saturated rings. The van der Waals surface area contributed by atoms with Crippen molar-refractivity contribution in [3.63, 3.8) is 0 Å². The molecule has 0 aromatic heterocycles. The molecule has 2 rings (SSSR count). The van der Waals surface area contributed by atoms with Crippen molar-refractivity contribution in [3.05, 3.63) is 0 Å². The molecule has 9 heteroatoms. The Hall–Kier alpha value is -1.61. The quantitative estimate of drug-likeness (QED) is 0.488. The minimum absolute atomic E-state index is 0.0564. The molecule has 2 amide bonds. The van der Waals surface area contributed by atoms with E-state index in [9.17, 15) is 14.4 Å². The van der Waals surface area contributed by atoms with Gasteiger partial charge in [-0.05, 0) is 73.5 Å². The van der Waals surface area contributed by atoms with Crippen LogP contribution in [0.15, 0.2) is 0 Å². The number of carbonyl (C=O) groups is 3. The van der Waals surface area contributed by atoms with Crippen LogP contribution < -0.4 is 10.6 Å². The van der Waals surface area contributed by atoms with E-state index in [1.54, 1.807) is 0 Å². The number of esters is 1. The van der Waals surface area contributed by atoms with E-state index in [1.807, 2.05) is 48.5 Å². The zero-order chi connectivity index (χ0) is 23.8. The first kappa shape index (κ1) is 25.7. The third-order valence-corrected chi connectivity index (χ3v) is 6.42. The average molecular weight is 438 g/mol. The molecule has 0 aromatic rings. The van der Waals surface area contributed by atoms with Gasteiger partial charge >= 0.3 is 13.1 Å². The van der Waals surface area contributed by atoms with Gasteiger partial charge in [0.25, 0.3) is 0 Å². The van der Waals surface area contributed by atoms with E-state index in [2.05, 4.69) is 10.6 Å². The molecule has 0 radical (unpaired) electrons. The fourth-order valence-electron chi connectivity index (χ4n) is 4.39. The lowest BCUT2D eigenvalue weighted by atomic mass is 9.79. The minimum atomic E-state index is -1.30. The monoisotopic (exact) mass is 438 g/mol. The summed E-state index contributed by atoms with van der Waals surface area (Å²) in [5, 5.41) is 5.78. The summed E-state index contributed by atoms with van der Waals surface area (Å²) < 4.78 is 17.7. The molecule has 176 valence electrons. The molecule has 1 aliphatic heterocycles. The largest absolute Gasteiger partial charge is 0.459 e. The van der Waals surface area contributed by atoms with E-state index in [0.717, 1.165) is 6.42 Å². The van der Waals surface area contributed by atoms with Crippen LogP contribution in [0.3, 0.4) is 0 Å². The molecule has 2 aliphatic rings. The average Bonchev–Trinajstić information content (AvgIpc) is 2.97. The molecule has 3 unspecified atom stereocenters. The van der Waals surface area contributed by atoms with E-state index in [4.69, 9.17) is 14.0 Å². The second-order valence-corrected chi connectivity index (χ2v) is 11.0. The number of carbonyl (C=O) groups excluding carboxylic acids is 3. The number of hydrogen-bond donors (Lipinski definition) is 2. The number of ether oxygens (including phenoxy) is 1. The third-order valence-electron chi connectivity index (χ3n) is 6.42. The van der Waals surface area contributed by atoms with E-state index in [-0.39, 0.29) is 24.9 Å². The predicted octanol–water partition coefficient (Wildman–Crippen LogP) is 2.60. The van der Waals surface area contributed by atoms with Gasteiger partial charge in [0, 0.05) is 19.4 Å². The Labute approximate surface area is 186 Å². The fraction of sp³-hybridized carbons (Fsp3) is 0.864. The topological polar surface area (TPSA) is 103 Å². The van der Waals surface area contributed by atoms with Crippen LogP contribution in [0.1, 0.15) is 81.6 Å². The Kier molecular flexibility index (Phi) is 7.23. The maximum Gasteiger partial charge on any atom is 0.457 e. The van der Waals surface area contributed by atoms with Gasteiger partial charge in [0.05, 0.1) is 11.2 Å². The van der Waals surface area contributed by atoms with Crippen LogP contribution in [0.2, 0.25) is 6.32 Å². The first-order valence-electron chi connectivity index (χ1n) is 11.1. The molecular formula is C22H39BN2O6. The van der Waals surface area contributed by atoms with Gasteiger partial charge in [-0.1, -0.05) is 6.42 Å². The number of rotatable bonds is 6. The summed E-state index contributed by atoms with van der Waals surface area (Å²) in [7, 11) is -0.337. The van der Waals surface area contributed by atoms with Crippen molar-refractivity contribution in [3.8, 4) is 0 Å². The van der Waals surface area contributed by atoms with Crippen molar-refractivity contribution in [1.29, 1.82) is 0 Å². The second kappa shape index (κ2) is 8.73. The van der Waals surface area contributed by atoms with Gasteiger partial charge in [0.2, 0.25) is 11.8 Å². The lowest BCUT2D eigenvalue weighted by Gasteiger charge is -2.36. The Morgan fingerprint density at radius 1 is 1.06 bits per heavy atom. The number of hydrogen-bond acceptors (Lipinski definition) is 6. The molecule has 1 saturated carbocycles. The van der Waals surface area contributed by atoms with Crippen molar-refractivity contribution in [1.82, 2.24) is 10.6 Å². The highest BCUT2D eigenvalue weighted by molar-refractivity contribution is 6.45. The maximum atomic E-state index is 13.3. The molecular weight excluding hydrogens is 399 g/mol. The smallest absolute Gasteiger partial charge is 0.457 e. The van der Waals surface area contributed by atoms with Crippen molar-refractivity contribution >= 4 is 24.9 Å². The van der Waals surface area contributed by atoms with Crippen LogP contribution >= 0.6 is 0 Å². The van der Waals surface area contributed by atoms with E-state index < -0.39 is 34.4 Å². The molecule has 8 nitrogen and oxygen atoms in total. The third kappa shape index (κ3) is 6.01. The van der Waals surface area contributed by atoms with Crippen molar-refractivity contribution < 1.29 is 28.4 Å². The van der Waals surface area contributed by atoms with Gasteiger partial charge in [-0.3, -0.25) is 14.4 Å². The fourth-order valence-corrected chi connectivity index (χ4v) is 4.39. The molecule has 2 N–H and O–H groups in total. The molecule has 31 heavy (non-hydrogen) atoms. The minimum Gasteiger partial charge on any atom is -0.459 e. The Balaban J connectivity index is 2.19. The van der Waals surface area contributed by atoms with E-state index >= 15 is 0 Å². The van der Waals surface area contributed by atoms with Crippen molar-refractivity contribution in [2.45, 2.75) is 116 Å². The van der Waals surface area contributed by atoms with Gasteiger partial charge in [-0.25, -0.2) is 0 Å². The van der Waals surface area contributed by atoms with Gasteiger partial charge in [-0.2, -0.15) is 0 Å². The number of amides is 2. The summed E-state index contributed by atoms with van der Waals surface area (Å²) in [6.07, 6.45) is 1.50. The van der Waals surface area contributed by atoms with Crippen LogP contribution in [0.4, 0.5) is 0 Å². The molecule has 1 saturated heterocycles. The standard InChI is InChI=1S/C22H39BN2O6/c1-14(26)24-22(18(28)25-19(3,4)5)13-16(12-17(22)29-15(2)27)10-11-23-30-20(6,7)21(8,9)31-23/h16-17H,10-13H2,1-9H3,(H,24,26)(H,25,28). The summed E-state index contributed by atoms with van der Waals surface area (Å²) in [4.78, 5) is 37.2. The van der Waals surface area contributed by atoms with E-state index in [0.29, 0.717) is 19.2 Å². The van der Waals surface area contributed by atoms with E-state index in [1.165, 1.54) is 13.8 Å². The highest BCUT2D eigenvalue weighted by Crippen LogP contribution is 2.43. The second-order valence-electron chi connectivity index (χ2n) is 11.0. The van der Waals surface area contributed by atoms with Crippen LogP contribution in [0.25, 0.3) is 0 Å². The van der Waals surface area contributed by atoms with Crippen molar-refractivity contribution in [2.75, 3.05) is 0 Å². The van der Waals surface area contributed by atoms with Gasteiger partial charge < -0.3 is 24.7 Å². The summed E-state index contributed by atoms with van der Waals surface area (Å²) in [5.74, 6) is -1.09. The Morgan fingerprint density at radius 2 is 1.61 bits per heavy atom. The SMILES string of the molecule is CC(=O)NC1(C(=O)NC(C)(C)C)CC(CCB2OC(C)(C)C(C)(C)O2)CC1OC(C)=O. The molecule has 3 atom stereocenters. The normalized spacial score (nSPS) is 29.5. The highest BCUT2D eigenvalue weighted by Gasteiger charge is 2.56. The summed E-state index contributed by atoms with van der Waals surface area (Å²) >= 11 is 0. The van der Waals surface area contributed by atoms with Gasteiger partial charge in [0.15, 0.2) is 5.54 Å². The first-order valence-corrected chi connectivity index (χ1v) is 11.1. The highest BCUT2D eigenvalue weighted by atomic mass is 16.7. The predicted molar refractivity (Wildman–Crippen MR) is 118 cm³/mol. The Morgan fingerprint density at radius 3 is 2.06 bits per heavy atom. The van der Waals surface area contributed by atoms with Crippen LogP contribution in [-0.4, -0.2) is 53.3 Å².